The number of fused-ring (bicyclic) bond motifs is 1. The fourth-order valence-electron chi connectivity index (χ4n) is 6.21. The molecule has 230 valence electrons. The van der Waals surface area contributed by atoms with Crippen LogP contribution in [0.4, 0.5) is 0 Å². The van der Waals surface area contributed by atoms with E-state index in [9.17, 15) is 19.8 Å². The topological polar surface area (TPSA) is 99.1 Å². The fourth-order valence-corrected chi connectivity index (χ4v) is 7.62. The average molecular weight is 646 g/mol. The molecule has 10 heteroatoms. The van der Waals surface area contributed by atoms with Gasteiger partial charge in [-0.3, -0.25) is 10.1 Å². The minimum atomic E-state index is -1.06. The molecule has 0 saturated heterocycles. The first kappa shape index (κ1) is 31.9. The van der Waals surface area contributed by atoms with Gasteiger partial charge in [0.2, 0.25) is 0 Å². The lowest BCUT2D eigenvalue weighted by molar-refractivity contribution is -0.0226. The molecular weight excluding hydrogens is 607 g/mol. The van der Waals surface area contributed by atoms with Crippen LogP contribution in [0.5, 0.6) is 0 Å². The highest BCUT2D eigenvalue weighted by molar-refractivity contribution is 7.13. The molecule has 0 radical (unpaired) electrons. The average Bonchev–Trinajstić information content (AvgIpc) is 3.42. The molecule has 2 aliphatic rings. The molecule has 1 saturated carbocycles. The first-order chi connectivity index (χ1) is 20.4. The summed E-state index contributed by atoms with van der Waals surface area (Å²) in [7, 11) is 0. The van der Waals surface area contributed by atoms with Crippen molar-refractivity contribution in [3.05, 3.63) is 91.1 Å². The molecule has 1 aliphatic carbocycles. The first-order valence-electron chi connectivity index (χ1n) is 14.7. The smallest absolute Gasteiger partial charge is 0.348 e. The molecule has 7 nitrogen and oxygen atoms in total. The quantitative estimate of drug-likeness (QED) is 0.185. The van der Waals surface area contributed by atoms with E-state index in [0.717, 1.165) is 17.7 Å². The number of carbonyl (C=O) groups excluding carboxylic acids is 2. The zero-order valence-electron chi connectivity index (χ0n) is 24.6. The Hall–Kier alpha value is -2.46. The number of amides is 1. The lowest BCUT2D eigenvalue weighted by Crippen LogP contribution is -2.56. The molecule has 43 heavy (non-hydrogen) atoms. The largest absolute Gasteiger partial charge is 0.456 e. The van der Waals surface area contributed by atoms with E-state index in [1.54, 1.807) is 29.2 Å². The van der Waals surface area contributed by atoms with Crippen LogP contribution < -0.4 is 5.32 Å². The predicted molar refractivity (Wildman–Crippen MR) is 170 cm³/mol. The third-order valence-electron chi connectivity index (χ3n) is 8.08. The van der Waals surface area contributed by atoms with Crippen molar-refractivity contribution in [1.82, 2.24) is 10.2 Å². The summed E-state index contributed by atoms with van der Waals surface area (Å²) in [4.78, 5) is 29.9. The maximum atomic E-state index is 14.1. The predicted octanol–water partition coefficient (Wildman–Crippen LogP) is 6.75. The van der Waals surface area contributed by atoms with Crippen LogP contribution in [-0.2, 0) is 11.2 Å². The fraction of sp³-hybridized carbons (Fsp3) is 0.455. The minimum Gasteiger partial charge on any atom is -0.456 e. The number of halogens is 2. The van der Waals surface area contributed by atoms with Crippen molar-refractivity contribution < 1.29 is 24.5 Å². The van der Waals surface area contributed by atoms with E-state index in [2.05, 4.69) is 5.32 Å². The highest BCUT2D eigenvalue weighted by Crippen LogP contribution is 2.48. The second-order valence-corrected chi connectivity index (χ2v) is 14.3. The Bertz CT molecular complexity index is 1470. The highest BCUT2D eigenvalue weighted by Gasteiger charge is 2.48. The molecule has 1 unspecified atom stereocenters. The number of carbonyl (C=O) groups is 2. The van der Waals surface area contributed by atoms with Crippen LogP contribution in [0.2, 0.25) is 10.0 Å². The van der Waals surface area contributed by atoms with Crippen LogP contribution in [0, 0.1) is 0 Å². The van der Waals surface area contributed by atoms with Gasteiger partial charge in [0.15, 0.2) is 0 Å². The summed E-state index contributed by atoms with van der Waals surface area (Å²) in [6.07, 6.45) is 1.90. The van der Waals surface area contributed by atoms with Crippen molar-refractivity contribution in [2.45, 2.75) is 88.8 Å². The van der Waals surface area contributed by atoms with Crippen molar-refractivity contribution >= 4 is 46.4 Å². The van der Waals surface area contributed by atoms with Crippen LogP contribution in [0.1, 0.15) is 94.4 Å². The molecule has 1 amide bonds. The third-order valence-corrected chi connectivity index (χ3v) is 9.77. The molecular formula is C33H38Cl2N2O5S. The standard InChI is InChI=1S/C33H38Cl2N2O5S/c1-33(2,3)42-32(41)27-15-13-20(43-27)16-17-36-30(39)28-21-8-4-5-9-22(21)31(40)37(25-10-6-7-11-26(25)38)29(28)23-14-12-19(34)18-24(23)35/h4-5,8-9,12-15,18,25-26,28-30,36,38-39H,6-7,10-11,16-17H2,1-3H3/t25-,26-,28+,29-,30?/m0/s1. The van der Waals surface area contributed by atoms with E-state index in [4.69, 9.17) is 27.9 Å². The number of hydrogen-bond donors (Lipinski definition) is 3. The maximum Gasteiger partial charge on any atom is 0.348 e. The van der Waals surface area contributed by atoms with Gasteiger partial charge in [-0.25, -0.2) is 4.79 Å². The van der Waals surface area contributed by atoms with Gasteiger partial charge in [-0.2, -0.15) is 0 Å². The Morgan fingerprint density at radius 1 is 1.09 bits per heavy atom. The van der Waals surface area contributed by atoms with E-state index in [1.807, 2.05) is 51.1 Å². The van der Waals surface area contributed by atoms with Gasteiger partial charge < -0.3 is 19.8 Å². The summed E-state index contributed by atoms with van der Waals surface area (Å²) < 4.78 is 5.49. The number of aliphatic hydroxyl groups excluding tert-OH is 2. The van der Waals surface area contributed by atoms with Crippen molar-refractivity contribution in [2.24, 2.45) is 0 Å². The van der Waals surface area contributed by atoms with Crippen molar-refractivity contribution in [2.75, 3.05) is 6.54 Å². The lowest BCUT2D eigenvalue weighted by atomic mass is 9.76. The second kappa shape index (κ2) is 13.3. The summed E-state index contributed by atoms with van der Waals surface area (Å²) in [5.74, 6) is -1.12. The molecule has 5 rings (SSSR count). The molecule has 1 fully saturated rings. The molecule has 2 heterocycles. The van der Waals surface area contributed by atoms with Gasteiger partial charge in [0.25, 0.3) is 5.91 Å². The Morgan fingerprint density at radius 3 is 2.56 bits per heavy atom. The number of rotatable bonds is 8. The van der Waals surface area contributed by atoms with Crippen LogP contribution in [0.15, 0.2) is 54.6 Å². The molecule has 3 aromatic rings. The molecule has 0 bridgehead atoms. The lowest BCUT2D eigenvalue weighted by Gasteiger charge is -2.49. The van der Waals surface area contributed by atoms with E-state index in [-0.39, 0.29) is 11.9 Å². The van der Waals surface area contributed by atoms with Gasteiger partial charge in [-0.15, -0.1) is 11.3 Å². The monoisotopic (exact) mass is 644 g/mol. The molecule has 3 N–H and O–H groups in total. The Morgan fingerprint density at radius 2 is 1.84 bits per heavy atom. The molecule has 1 aromatic heterocycles. The Kier molecular flexibility index (Phi) is 9.86. The van der Waals surface area contributed by atoms with Gasteiger partial charge in [-0.05, 0) is 81.5 Å². The zero-order valence-corrected chi connectivity index (χ0v) is 26.9. The number of nitrogens with one attached hydrogen (secondary N) is 1. The summed E-state index contributed by atoms with van der Waals surface area (Å²) in [6.45, 7) is 5.93. The molecule has 5 atom stereocenters. The number of thiophene rings is 1. The van der Waals surface area contributed by atoms with E-state index >= 15 is 0 Å². The molecule has 0 spiro atoms. The Balaban J connectivity index is 1.45. The van der Waals surface area contributed by atoms with Gasteiger partial charge >= 0.3 is 5.97 Å². The number of benzene rings is 2. The van der Waals surface area contributed by atoms with Crippen LogP contribution in [0.25, 0.3) is 0 Å². The number of esters is 1. The SMILES string of the molecule is CC(C)(C)OC(=O)c1ccc(CCNC(O)[C@@H]2c3ccccc3C(=O)N([C@H]3CCCC[C@@H]3O)[C@H]2c2ccc(Cl)cc2Cl)s1. The highest BCUT2D eigenvalue weighted by atomic mass is 35.5. The molecule has 1 aliphatic heterocycles. The first-order valence-corrected chi connectivity index (χ1v) is 16.3. The summed E-state index contributed by atoms with van der Waals surface area (Å²) in [6, 6.07) is 15.1. The summed E-state index contributed by atoms with van der Waals surface area (Å²) in [5, 5.41) is 27.1. The van der Waals surface area contributed by atoms with Crippen LogP contribution in [0.3, 0.4) is 0 Å². The van der Waals surface area contributed by atoms with Gasteiger partial charge in [0.05, 0.1) is 18.2 Å². The zero-order chi connectivity index (χ0) is 30.9. The van der Waals surface area contributed by atoms with E-state index in [1.165, 1.54) is 11.3 Å². The van der Waals surface area contributed by atoms with E-state index < -0.39 is 35.9 Å². The van der Waals surface area contributed by atoms with Gasteiger partial charge in [0, 0.05) is 32.9 Å². The number of hydrogen-bond acceptors (Lipinski definition) is 7. The van der Waals surface area contributed by atoms with Crippen LogP contribution >= 0.6 is 34.5 Å². The Labute approximate surface area is 266 Å². The third kappa shape index (κ3) is 7.11. The number of ether oxygens (including phenoxy) is 1. The normalized spacial score (nSPS) is 23.1. The maximum absolute atomic E-state index is 14.1. The second-order valence-electron chi connectivity index (χ2n) is 12.3. The summed E-state index contributed by atoms with van der Waals surface area (Å²) >= 11 is 14.4. The number of nitrogens with zero attached hydrogens (tertiary/aromatic N) is 1. The van der Waals surface area contributed by atoms with Crippen molar-refractivity contribution in [1.29, 1.82) is 0 Å². The van der Waals surface area contributed by atoms with Crippen molar-refractivity contribution in [3.8, 4) is 0 Å². The van der Waals surface area contributed by atoms with Gasteiger partial charge in [0.1, 0.15) is 16.7 Å². The minimum absolute atomic E-state index is 0.186. The van der Waals surface area contributed by atoms with Crippen molar-refractivity contribution in [3.63, 3.8) is 0 Å². The molecule has 2 aromatic carbocycles. The summed E-state index contributed by atoms with van der Waals surface area (Å²) in [5.41, 5.74) is 1.31. The van der Waals surface area contributed by atoms with Gasteiger partial charge in [-0.1, -0.05) is 60.3 Å². The van der Waals surface area contributed by atoms with E-state index in [0.29, 0.717) is 57.4 Å². The van der Waals surface area contributed by atoms with Crippen LogP contribution in [-0.4, -0.2) is 57.5 Å². The number of aliphatic hydroxyl groups is 2.